The van der Waals surface area contributed by atoms with E-state index in [4.69, 9.17) is 4.74 Å². The number of amides is 1. The van der Waals surface area contributed by atoms with Crippen LogP contribution < -0.4 is 4.74 Å². The first kappa shape index (κ1) is 11.5. The van der Waals surface area contributed by atoms with Crippen LogP contribution in [0.5, 0.6) is 5.75 Å². The number of halogens is 1. The Bertz CT molecular complexity index is 489. The van der Waals surface area contributed by atoms with Crippen molar-refractivity contribution in [2.75, 3.05) is 13.7 Å². The van der Waals surface area contributed by atoms with Gasteiger partial charge >= 0.3 is 0 Å². The van der Waals surface area contributed by atoms with E-state index in [0.717, 1.165) is 13.0 Å². The van der Waals surface area contributed by atoms with Gasteiger partial charge in [0.15, 0.2) is 11.6 Å². The lowest BCUT2D eigenvalue weighted by atomic mass is 9.91. The Labute approximate surface area is 106 Å². The number of likely N-dealkylation sites (tertiary alicyclic amines) is 1. The van der Waals surface area contributed by atoms with Crippen LogP contribution in [0.1, 0.15) is 29.6 Å². The van der Waals surface area contributed by atoms with Crippen molar-refractivity contribution in [1.82, 2.24) is 4.90 Å². The standard InChI is InChI=1S/C14H16FNO2/c1-18-13-7-9(5-6-11(13)15)14(17)16-8-10-3-2-4-12(10)16/h5-7,10,12H,2-4,8H2,1H3/t10-,12-/m0/s1. The van der Waals surface area contributed by atoms with Crippen LogP contribution in [0.3, 0.4) is 0 Å². The number of carbonyl (C=O) groups is 1. The third kappa shape index (κ3) is 1.67. The molecule has 1 aliphatic carbocycles. The minimum Gasteiger partial charge on any atom is -0.494 e. The minimum atomic E-state index is -0.434. The Balaban J connectivity index is 1.80. The predicted octanol–water partition coefficient (Wildman–Crippen LogP) is 2.46. The number of benzene rings is 1. The second kappa shape index (κ2) is 4.26. The van der Waals surface area contributed by atoms with Gasteiger partial charge in [0.25, 0.3) is 5.91 Å². The van der Waals surface area contributed by atoms with E-state index in [9.17, 15) is 9.18 Å². The van der Waals surface area contributed by atoms with Gasteiger partial charge in [-0.25, -0.2) is 4.39 Å². The van der Waals surface area contributed by atoms with Crippen molar-refractivity contribution in [3.63, 3.8) is 0 Å². The highest BCUT2D eigenvalue weighted by molar-refractivity contribution is 5.95. The van der Waals surface area contributed by atoms with E-state index < -0.39 is 5.82 Å². The van der Waals surface area contributed by atoms with Gasteiger partial charge in [0.05, 0.1) is 7.11 Å². The maximum Gasteiger partial charge on any atom is 0.254 e. The highest BCUT2D eigenvalue weighted by Gasteiger charge is 2.44. The lowest BCUT2D eigenvalue weighted by Gasteiger charge is -2.44. The van der Waals surface area contributed by atoms with Crippen LogP contribution >= 0.6 is 0 Å². The zero-order valence-electron chi connectivity index (χ0n) is 10.4. The summed E-state index contributed by atoms with van der Waals surface area (Å²) >= 11 is 0. The second-order valence-corrected chi connectivity index (χ2v) is 5.07. The zero-order valence-corrected chi connectivity index (χ0v) is 10.4. The van der Waals surface area contributed by atoms with Crippen LogP contribution in [0.25, 0.3) is 0 Å². The monoisotopic (exact) mass is 249 g/mol. The number of rotatable bonds is 2. The summed E-state index contributed by atoms with van der Waals surface area (Å²) in [5.41, 5.74) is 0.513. The number of nitrogens with zero attached hydrogens (tertiary/aromatic N) is 1. The summed E-state index contributed by atoms with van der Waals surface area (Å²) in [6, 6.07) is 4.72. The van der Waals surface area contributed by atoms with Gasteiger partial charge in [-0.3, -0.25) is 4.79 Å². The van der Waals surface area contributed by atoms with Crippen LogP contribution in [0.15, 0.2) is 18.2 Å². The first-order valence-electron chi connectivity index (χ1n) is 6.35. The van der Waals surface area contributed by atoms with Crippen molar-refractivity contribution >= 4 is 5.91 Å². The summed E-state index contributed by atoms with van der Waals surface area (Å²) in [4.78, 5) is 14.2. The van der Waals surface area contributed by atoms with E-state index >= 15 is 0 Å². The van der Waals surface area contributed by atoms with Crippen LogP contribution in [-0.4, -0.2) is 30.5 Å². The first-order valence-corrected chi connectivity index (χ1v) is 6.35. The van der Waals surface area contributed by atoms with Gasteiger partial charge in [-0.05, 0) is 37.0 Å². The molecule has 1 saturated heterocycles. The molecule has 1 aromatic carbocycles. The molecule has 2 aliphatic rings. The fourth-order valence-electron chi connectivity index (χ4n) is 3.08. The lowest BCUT2D eigenvalue weighted by Crippen LogP contribution is -2.55. The maximum absolute atomic E-state index is 13.3. The highest BCUT2D eigenvalue weighted by Crippen LogP contribution is 2.39. The summed E-state index contributed by atoms with van der Waals surface area (Å²) in [7, 11) is 1.41. The van der Waals surface area contributed by atoms with Gasteiger partial charge in [0.1, 0.15) is 0 Å². The smallest absolute Gasteiger partial charge is 0.254 e. The average molecular weight is 249 g/mol. The van der Waals surface area contributed by atoms with Crippen LogP contribution in [0.2, 0.25) is 0 Å². The molecule has 3 nitrogen and oxygen atoms in total. The van der Waals surface area contributed by atoms with Crippen molar-refractivity contribution in [3.05, 3.63) is 29.6 Å². The van der Waals surface area contributed by atoms with Crippen LogP contribution in [-0.2, 0) is 0 Å². The Morgan fingerprint density at radius 3 is 3.00 bits per heavy atom. The molecule has 1 heterocycles. The SMILES string of the molecule is COc1cc(C(=O)N2C[C@@H]3CCC[C@@H]32)ccc1F. The number of carbonyl (C=O) groups excluding carboxylic acids is 1. The molecule has 96 valence electrons. The van der Waals surface area contributed by atoms with Crippen molar-refractivity contribution < 1.29 is 13.9 Å². The van der Waals surface area contributed by atoms with Crippen LogP contribution in [0.4, 0.5) is 4.39 Å². The van der Waals surface area contributed by atoms with Gasteiger partial charge in [0, 0.05) is 18.2 Å². The van der Waals surface area contributed by atoms with Crippen molar-refractivity contribution in [2.24, 2.45) is 5.92 Å². The summed E-state index contributed by atoms with van der Waals surface area (Å²) in [6.45, 7) is 0.850. The van der Waals surface area contributed by atoms with E-state index in [1.807, 2.05) is 4.90 Å². The molecule has 18 heavy (non-hydrogen) atoms. The topological polar surface area (TPSA) is 29.5 Å². The molecule has 1 saturated carbocycles. The molecular formula is C14H16FNO2. The van der Waals surface area contributed by atoms with Gasteiger partial charge in [-0.1, -0.05) is 6.42 Å². The third-order valence-corrected chi connectivity index (χ3v) is 4.11. The number of fused-ring (bicyclic) bond motifs is 1. The summed E-state index contributed by atoms with van der Waals surface area (Å²) < 4.78 is 18.2. The Kier molecular flexibility index (Phi) is 2.73. The molecule has 3 rings (SSSR count). The maximum atomic E-state index is 13.3. The number of methoxy groups -OCH3 is 1. The molecule has 0 unspecified atom stereocenters. The van der Waals surface area contributed by atoms with Crippen molar-refractivity contribution in [1.29, 1.82) is 0 Å². The second-order valence-electron chi connectivity index (χ2n) is 5.07. The first-order chi connectivity index (χ1) is 8.70. The molecule has 4 heteroatoms. The summed E-state index contributed by atoms with van der Waals surface area (Å²) in [5, 5.41) is 0. The molecule has 1 amide bonds. The molecule has 0 spiro atoms. The number of hydrogen-bond donors (Lipinski definition) is 0. The molecular weight excluding hydrogens is 233 g/mol. The van der Waals surface area contributed by atoms with E-state index in [-0.39, 0.29) is 11.7 Å². The molecule has 0 radical (unpaired) electrons. The quantitative estimate of drug-likeness (QED) is 0.805. The van der Waals surface area contributed by atoms with Gasteiger partial charge in [-0.15, -0.1) is 0 Å². The van der Waals surface area contributed by atoms with Crippen LogP contribution in [0, 0.1) is 11.7 Å². The Morgan fingerprint density at radius 2 is 2.28 bits per heavy atom. The molecule has 0 aromatic heterocycles. The van der Waals surface area contributed by atoms with E-state index in [1.165, 1.54) is 38.2 Å². The largest absolute Gasteiger partial charge is 0.494 e. The molecule has 2 atom stereocenters. The summed E-state index contributed by atoms with van der Waals surface area (Å²) in [5.74, 6) is 0.383. The van der Waals surface area contributed by atoms with Gasteiger partial charge in [-0.2, -0.15) is 0 Å². The fourth-order valence-corrected chi connectivity index (χ4v) is 3.08. The normalized spacial score (nSPS) is 25.6. The van der Waals surface area contributed by atoms with Gasteiger partial charge in [0.2, 0.25) is 0 Å². The summed E-state index contributed by atoms with van der Waals surface area (Å²) in [6.07, 6.45) is 3.56. The minimum absolute atomic E-state index is 0.00329. The lowest BCUT2D eigenvalue weighted by molar-refractivity contribution is 0.0269. The fraction of sp³-hybridized carbons (Fsp3) is 0.500. The highest BCUT2D eigenvalue weighted by atomic mass is 19.1. The van der Waals surface area contributed by atoms with E-state index in [1.54, 1.807) is 0 Å². The molecule has 0 N–H and O–H groups in total. The third-order valence-electron chi connectivity index (χ3n) is 4.11. The van der Waals surface area contributed by atoms with E-state index in [0.29, 0.717) is 17.5 Å². The molecule has 1 aromatic rings. The molecule has 0 bridgehead atoms. The average Bonchev–Trinajstić information content (AvgIpc) is 2.71. The Hall–Kier alpha value is -1.58. The van der Waals surface area contributed by atoms with Crippen molar-refractivity contribution in [2.45, 2.75) is 25.3 Å². The van der Waals surface area contributed by atoms with E-state index in [2.05, 4.69) is 0 Å². The zero-order chi connectivity index (χ0) is 12.7. The predicted molar refractivity (Wildman–Crippen MR) is 65.1 cm³/mol. The molecule has 2 fully saturated rings. The van der Waals surface area contributed by atoms with Gasteiger partial charge < -0.3 is 9.64 Å². The van der Waals surface area contributed by atoms with Crippen molar-refractivity contribution in [3.8, 4) is 5.75 Å². The number of hydrogen-bond acceptors (Lipinski definition) is 2. The Morgan fingerprint density at radius 1 is 1.44 bits per heavy atom. The number of ether oxygens (including phenoxy) is 1. The molecule has 1 aliphatic heterocycles.